The molecule has 0 bridgehead atoms. The van der Waals surface area contributed by atoms with Crippen LogP contribution in [-0.2, 0) is 0 Å². The fourth-order valence-corrected chi connectivity index (χ4v) is 0.839. The molecule has 1 aromatic heterocycles. The molecule has 1 rings (SSSR count). The van der Waals surface area contributed by atoms with Gasteiger partial charge in [-0.15, -0.1) is 0 Å². The standard InChI is InChI=1S/C9H13NO/c1-8-5-7-11-9(8)4-3-6-10-2/h3-5,7,10H,6H2,1-2H3/b4-3+. The van der Waals surface area contributed by atoms with E-state index in [4.69, 9.17) is 4.42 Å². The average molecular weight is 151 g/mol. The molecule has 2 nitrogen and oxygen atoms in total. The van der Waals surface area contributed by atoms with Gasteiger partial charge in [0, 0.05) is 6.54 Å². The second-order valence-electron chi connectivity index (χ2n) is 2.43. The topological polar surface area (TPSA) is 25.2 Å². The molecule has 0 aliphatic rings. The Morgan fingerprint density at radius 2 is 2.45 bits per heavy atom. The summed E-state index contributed by atoms with van der Waals surface area (Å²) in [6.45, 7) is 2.91. The first kappa shape index (κ1) is 8.08. The van der Waals surface area contributed by atoms with Crippen LogP contribution < -0.4 is 5.32 Å². The van der Waals surface area contributed by atoms with E-state index in [1.54, 1.807) is 6.26 Å². The summed E-state index contributed by atoms with van der Waals surface area (Å²) in [6, 6.07) is 1.96. The Morgan fingerprint density at radius 3 is 3.00 bits per heavy atom. The summed E-state index contributed by atoms with van der Waals surface area (Å²) in [4.78, 5) is 0. The summed E-state index contributed by atoms with van der Waals surface area (Å²) in [6.07, 6.45) is 5.71. The fourth-order valence-electron chi connectivity index (χ4n) is 0.839. The number of rotatable bonds is 3. The molecule has 0 amide bonds. The predicted octanol–water partition coefficient (Wildman–Crippen LogP) is 1.82. The molecule has 0 fully saturated rings. The largest absolute Gasteiger partial charge is 0.465 e. The number of aryl methyl sites for hydroxylation is 1. The van der Waals surface area contributed by atoms with Gasteiger partial charge < -0.3 is 9.73 Å². The summed E-state index contributed by atoms with van der Waals surface area (Å²) in [5.41, 5.74) is 1.18. The molecule has 1 heterocycles. The highest BCUT2D eigenvalue weighted by Gasteiger charge is 1.93. The lowest BCUT2D eigenvalue weighted by molar-refractivity contribution is 0.555. The molecule has 0 aliphatic heterocycles. The van der Waals surface area contributed by atoms with Gasteiger partial charge in [-0.2, -0.15) is 0 Å². The maximum Gasteiger partial charge on any atom is 0.129 e. The summed E-state index contributed by atoms with van der Waals surface area (Å²) in [5, 5.41) is 3.02. The van der Waals surface area contributed by atoms with Crippen LogP contribution >= 0.6 is 0 Å². The van der Waals surface area contributed by atoms with Crippen LogP contribution in [-0.4, -0.2) is 13.6 Å². The zero-order chi connectivity index (χ0) is 8.10. The van der Waals surface area contributed by atoms with Crippen molar-refractivity contribution in [2.24, 2.45) is 0 Å². The van der Waals surface area contributed by atoms with Crippen molar-refractivity contribution in [2.75, 3.05) is 13.6 Å². The number of hydrogen-bond acceptors (Lipinski definition) is 2. The molecule has 0 saturated heterocycles. The van der Waals surface area contributed by atoms with E-state index >= 15 is 0 Å². The van der Waals surface area contributed by atoms with Crippen molar-refractivity contribution in [1.29, 1.82) is 0 Å². The van der Waals surface area contributed by atoms with Crippen molar-refractivity contribution in [2.45, 2.75) is 6.92 Å². The molecule has 11 heavy (non-hydrogen) atoms. The third kappa shape index (κ3) is 2.24. The van der Waals surface area contributed by atoms with Gasteiger partial charge in [-0.3, -0.25) is 0 Å². The van der Waals surface area contributed by atoms with Gasteiger partial charge in [0.15, 0.2) is 0 Å². The molecular weight excluding hydrogens is 138 g/mol. The van der Waals surface area contributed by atoms with Crippen LogP contribution in [0, 0.1) is 6.92 Å². The molecule has 60 valence electrons. The zero-order valence-corrected chi connectivity index (χ0v) is 6.92. The molecule has 1 N–H and O–H groups in total. The molecule has 0 aliphatic carbocycles. The van der Waals surface area contributed by atoms with Crippen molar-refractivity contribution in [3.63, 3.8) is 0 Å². The maximum atomic E-state index is 5.20. The number of likely N-dealkylation sites (N-methyl/N-ethyl adjacent to an activating group) is 1. The minimum Gasteiger partial charge on any atom is -0.465 e. The highest BCUT2D eigenvalue weighted by atomic mass is 16.3. The molecule has 0 aromatic carbocycles. The summed E-state index contributed by atoms with van der Waals surface area (Å²) in [7, 11) is 1.92. The van der Waals surface area contributed by atoms with E-state index in [9.17, 15) is 0 Å². The number of nitrogens with one attached hydrogen (secondary N) is 1. The monoisotopic (exact) mass is 151 g/mol. The van der Waals surface area contributed by atoms with Crippen LogP contribution in [0.15, 0.2) is 22.8 Å². The maximum absolute atomic E-state index is 5.20. The Balaban J connectivity index is 2.56. The van der Waals surface area contributed by atoms with Crippen molar-refractivity contribution in [3.8, 4) is 0 Å². The number of furan rings is 1. The molecule has 0 atom stereocenters. The molecular formula is C9H13NO. The first-order valence-electron chi connectivity index (χ1n) is 3.70. The van der Waals surface area contributed by atoms with Gasteiger partial charge in [0.2, 0.25) is 0 Å². The van der Waals surface area contributed by atoms with Crippen molar-refractivity contribution in [1.82, 2.24) is 5.32 Å². The summed E-state index contributed by atoms with van der Waals surface area (Å²) >= 11 is 0. The Kier molecular flexibility index (Phi) is 2.93. The minimum absolute atomic E-state index is 0.875. The van der Waals surface area contributed by atoms with E-state index in [-0.39, 0.29) is 0 Å². The van der Waals surface area contributed by atoms with Gasteiger partial charge in [-0.05, 0) is 31.7 Å². The summed E-state index contributed by atoms with van der Waals surface area (Å²) < 4.78 is 5.20. The first-order chi connectivity index (χ1) is 5.34. The average Bonchev–Trinajstić information content (AvgIpc) is 2.37. The van der Waals surface area contributed by atoms with E-state index in [2.05, 4.69) is 5.32 Å². The highest BCUT2D eigenvalue weighted by molar-refractivity contribution is 5.46. The van der Waals surface area contributed by atoms with E-state index in [1.807, 2.05) is 32.2 Å². The van der Waals surface area contributed by atoms with Gasteiger partial charge in [0.1, 0.15) is 5.76 Å². The molecule has 0 unspecified atom stereocenters. The lowest BCUT2D eigenvalue weighted by Gasteiger charge is -1.88. The minimum atomic E-state index is 0.875. The van der Waals surface area contributed by atoms with E-state index in [1.165, 1.54) is 5.56 Å². The normalized spacial score (nSPS) is 11.1. The Labute approximate surface area is 66.9 Å². The smallest absolute Gasteiger partial charge is 0.129 e. The Bertz CT molecular complexity index is 237. The van der Waals surface area contributed by atoms with Crippen LogP contribution in [0.2, 0.25) is 0 Å². The Hall–Kier alpha value is -1.02. The molecule has 0 spiro atoms. The van der Waals surface area contributed by atoms with E-state index in [0.717, 1.165) is 12.3 Å². The van der Waals surface area contributed by atoms with Crippen LogP contribution in [0.1, 0.15) is 11.3 Å². The SMILES string of the molecule is CNC/C=C/c1occc1C. The second kappa shape index (κ2) is 3.98. The molecule has 0 saturated carbocycles. The fraction of sp³-hybridized carbons (Fsp3) is 0.333. The lowest BCUT2D eigenvalue weighted by atomic mass is 10.2. The van der Waals surface area contributed by atoms with E-state index in [0.29, 0.717) is 0 Å². The second-order valence-corrected chi connectivity index (χ2v) is 2.43. The predicted molar refractivity (Wildman–Crippen MR) is 46.4 cm³/mol. The van der Waals surface area contributed by atoms with Crippen molar-refractivity contribution in [3.05, 3.63) is 29.7 Å². The van der Waals surface area contributed by atoms with Gasteiger partial charge >= 0.3 is 0 Å². The van der Waals surface area contributed by atoms with Crippen LogP contribution in [0.3, 0.4) is 0 Å². The van der Waals surface area contributed by atoms with Gasteiger partial charge in [0.25, 0.3) is 0 Å². The van der Waals surface area contributed by atoms with Gasteiger partial charge in [-0.25, -0.2) is 0 Å². The quantitative estimate of drug-likeness (QED) is 0.712. The van der Waals surface area contributed by atoms with Crippen molar-refractivity contribution < 1.29 is 4.42 Å². The third-order valence-electron chi connectivity index (χ3n) is 1.49. The van der Waals surface area contributed by atoms with Crippen LogP contribution in [0.4, 0.5) is 0 Å². The first-order valence-corrected chi connectivity index (χ1v) is 3.70. The van der Waals surface area contributed by atoms with E-state index < -0.39 is 0 Å². The van der Waals surface area contributed by atoms with Crippen LogP contribution in [0.25, 0.3) is 6.08 Å². The van der Waals surface area contributed by atoms with Crippen LogP contribution in [0.5, 0.6) is 0 Å². The Morgan fingerprint density at radius 1 is 1.64 bits per heavy atom. The van der Waals surface area contributed by atoms with Crippen molar-refractivity contribution >= 4 is 6.08 Å². The van der Waals surface area contributed by atoms with Gasteiger partial charge in [0.05, 0.1) is 6.26 Å². The lowest BCUT2D eigenvalue weighted by Crippen LogP contribution is -2.03. The molecule has 2 heteroatoms. The van der Waals surface area contributed by atoms with Gasteiger partial charge in [-0.1, -0.05) is 6.08 Å². The molecule has 1 aromatic rings. The zero-order valence-electron chi connectivity index (χ0n) is 6.92. The molecule has 0 radical (unpaired) electrons. The summed E-state index contributed by atoms with van der Waals surface area (Å²) in [5.74, 6) is 0.945. The number of hydrogen-bond donors (Lipinski definition) is 1. The third-order valence-corrected chi connectivity index (χ3v) is 1.49. The highest BCUT2D eigenvalue weighted by Crippen LogP contribution is 2.09.